The number of nitrogens with zero attached hydrogens (tertiary/aromatic N) is 5. The fourth-order valence-electron chi connectivity index (χ4n) is 3.75. The maximum Gasteiger partial charge on any atom is 0.203 e. The smallest absolute Gasteiger partial charge is 0.203 e. The molecule has 0 atom stereocenters. The second-order valence-electron chi connectivity index (χ2n) is 7.08. The highest BCUT2D eigenvalue weighted by molar-refractivity contribution is 7.99. The predicted molar refractivity (Wildman–Crippen MR) is 110 cm³/mol. The monoisotopic (exact) mass is 389 g/mol. The summed E-state index contributed by atoms with van der Waals surface area (Å²) in [6, 6.07) is 10.4. The van der Waals surface area contributed by atoms with Crippen molar-refractivity contribution >= 4 is 24.0 Å². The van der Waals surface area contributed by atoms with Gasteiger partial charge in [-0.1, -0.05) is 18.2 Å². The van der Waals surface area contributed by atoms with Crippen molar-refractivity contribution in [1.82, 2.24) is 24.1 Å². The van der Waals surface area contributed by atoms with Crippen LogP contribution in [0, 0.1) is 4.77 Å². The molecule has 3 heterocycles. The summed E-state index contributed by atoms with van der Waals surface area (Å²) in [4.78, 5) is 4.97. The molecule has 1 aromatic carbocycles. The van der Waals surface area contributed by atoms with E-state index in [4.69, 9.17) is 17.3 Å². The van der Waals surface area contributed by atoms with E-state index in [1.807, 2.05) is 10.7 Å². The van der Waals surface area contributed by atoms with Crippen molar-refractivity contribution in [2.24, 2.45) is 0 Å². The van der Waals surface area contributed by atoms with Crippen LogP contribution in [0.25, 0.3) is 5.69 Å². The first-order valence-electron chi connectivity index (χ1n) is 9.58. The van der Waals surface area contributed by atoms with Gasteiger partial charge in [0.05, 0.1) is 13.2 Å². The van der Waals surface area contributed by atoms with E-state index >= 15 is 0 Å². The molecule has 26 heavy (non-hydrogen) atoms. The van der Waals surface area contributed by atoms with E-state index in [1.165, 1.54) is 30.8 Å². The van der Waals surface area contributed by atoms with Crippen LogP contribution in [0.5, 0.6) is 0 Å². The fourth-order valence-corrected chi connectivity index (χ4v) is 4.99. The van der Waals surface area contributed by atoms with Crippen LogP contribution in [0.4, 0.5) is 0 Å². The van der Waals surface area contributed by atoms with Gasteiger partial charge in [-0.25, -0.2) is 4.68 Å². The number of hydrogen-bond acceptors (Lipinski definition) is 5. The Labute approximate surface area is 165 Å². The minimum Gasteiger partial charge on any atom is -0.296 e. The van der Waals surface area contributed by atoms with Crippen molar-refractivity contribution in [1.29, 1.82) is 0 Å². The minimum absolute atomic E-state index is 0.798. The number of para-hydroxylation sites is 1. The van der Waals surface area contributed by atoms with E-state index in [-0.39, 0.29) is 0 Å². The summed E-state index contributed by atoms with van der Waals surface area (Å²) in [6.07, 6.45) is 3.83. The number of thioether (sulfide) groups is 1. The Balaban J connectivity index is 1.63. The lowest BCUT2D eigenvalue weighted by molar-refractivity contribution is 0.220. The van der Waals surface area contributed by atoms with Gasteiger partial charge < -0.3 is 0 Å². The van der Waals surface area contributed by atoms with Gasteiger partial charge in [-0.3, -0.25) is 14.4 Å². The lowest BCUT2D eigenvalue weighted by atomic mass is 10.3. The number of rotatable bonds is 5. The SMILES string of the molecule is S=c1n(CN2CCCSCC2)nc(CN2CCCC2)n1-c1ccccc1. The van der Waals surface area contributed by atoms with Crippen molar-refractivity contribution in [3.05, 3.63) is 40.9 Å². The topological polar surface area (TPSA) is 29.2 Å². The van der Waals surface area contributed by atoms with E-state index in [0.29, 0.717) is 0 Å². The van der Waals surface area contributed by atoms with Gasteiger partial charge in [0.2, 0.25) is 4.77 Å². The van der Waals surface area contributed by atoms with Crippen LogP contribution in [-0.4, -0.2) is 61.8 Å². The van der Waals surface area contributed by atoms with Crippen LogP contribution >= 0.6 is 24.0 Å². The molecule has 2 saturated heterocycles. The molecule has 0 amide bonds. The highest BCUT2D eigenvalue weighted by Gasteiger charge is 2.19. The number of aromatic nitrogens is 3. The van der Waals surface area contributed by atoms with Crippen LogP contribution in [0.2, 0.25) is 0 Å². The standard InChI is InChI=1S/C19H27N5S2/c25-19-23(16-22-11-6-13-26-14-12-22)20-18(15-21-9-4-5-10-21)24(19)17-7-2-1-3-8-17/h1-3,7-8H,4-6,9-16H2. The first-order valence-corrected chi connectivity index (χ1v) is 11.1. The molecule has 2 aliphatic heterocycles. The lowest BCUT2D eigenvalue weighted by Crippen LogP contribution is -2.29. The van der Waals surface area contributed by atoms with Crippen LogP contribution in [0.15, 0.2) is 30.3 Å². The quantitative estimate of drug-likeness (QED) is 0.731. The van der Waals surface area contributed by atoms with Gasteiger partial charge >= 0.3 is 0 Å². The molecule has 0 radical (unpaired) electrons. The Hall–Kier alpha value is -1.15. The summed E-state index contributed by atoms with van der Waals surface area (Å²) >= 11 is 7.90. The van der Waals surface area contributed by atoms with Crippen molar-refractivity contribution in [3.63, 3.8) is 0 Å². The molecule has 0 saturated carbocycles. The highest BCUT2D eigenvalue weighted by atomic mass is 32.2. The minimum atomic E-state index is 0.798. The van der Waals surface area contributed by atoms with Gasteiger partial charge in [0, 0.05) is 24.5 Å². The maximum atomic E-state index is 5.85. The molecule has 140 valence electrons. The molecule has 0 aliphatic carbocycles. The van der Waals surface area contributed by atoms with Crippen LogP contribution in [-0.2, 0) is 13.2 Å². The summed E-state index contributed by atoms with van der Waals surface area (Å²) in [6.45, 7) is 6.25. The molecular formula is C19H27N5S2. The third-order valence-electron chi connectivity index (χ3n) is 5.13. The second-order valence-corrected chi connectivity index (χ2v) is 8.67. The van der Waals surface area contributed by atoms with Gasteiger partial charge in [0.25, 0.3) is 0 Å². The zero-order valence-corrected chi connectivity index (χ0v) is 16.9. The van der Waals surface area contributed by atoms with E-state index in [0.717, 1.165) is 55.7 Å². The van der Waals surface area contributed by atoms with Gasteiger partial charge in [0.1, 0.15) is 0 Å². The summed E-state index contributed by atoms with van der Waals surface area (Å²) in [5.74, 6) is 3.53. The van der Waals surface area contributed by atoms with E-state index in [2.05, 4.69) is 50.4 Å². The predicted octanol–water partition coefficient (Wildman–Crippen LogP) is 3.40. The van der Waals surface area contributed by atoms with Gasteiger partial charge in [-0.2, -0.15) is 16.9 Å². The molecule has 1 aromatic heterocycles. The Bertz CT molecular complexity index is 756. The summed E-state index contributed by atoms with van der Waals surface area (Å²) < 4.78 is 5.01. The van der Waals surface area contributed by atoms with Gasteiger partial charge in [-0.05, 0) is 62.5 Å². The lowest BCUT2D eigenvalue weighted by Gasteiger charge is -2.18. The molecule has 2 aromatic rings. The molecule has 0 N–H and O–H groups in total. The van der Waals surface area contributed by atoms with E-state index < -0.39 is 0 Å². The normalized spacial score (nSPS) is 19.7. The summed E-state index contributed by atoms with van der Waals surface area (Å²) in [5, 5.41) is 4.96. The van der Waals surface area contributed by atoms with Crippen LogP contribution in [0.1, 0.15) is 25.1 Å². The molecule has 5 nitrogen and oxygen atoms in total. The van der Waals surface area contributed by atoms with Crippen molar-refractivity contribution in [3.8, 4) is 5.69 Å². The zero-order valence-electron chi connectivity index (χ0n) is 15.2. The number of benzene rings is 1. The average Bonchev–Trinajstić information content (AvgIpc) is 3.17. The third-order valence-corrected chi connectivity index (χ3v) is 6.58. The molecule has 0 unspecified atom stereocenters. The number of hydrogen-bond donors (Lipinski definition) is 0. The van der Waals surface area contributed by atoms with E-state index in [1.54, 1.807) is 0 Å². The molecule has 0 spiro atoms. The Morgan fingerprint density at radius 1 is 0.923 bits per heavy atom. The Morgan fingerprint density at radius 3 is 2.50 bits per heavy atom. The first-order chi connectivity index (χ1) is 12.8. The van der Waals surface area contributed by atoms with Crippen molar-refractivity contribution in [2.45, 2.75) is 32.5 Å². The fraction of sp³-hybridized carbons (Fsp3) is 0.579. The summed E-state index contributed by atoms with van der Waals surface area (Å²) in [7, 11) is 0. The van der Waals surface area contributed by atoms with Gasteiger partial charge in [0.15, 0.2) is 5.82 Å². The molecular weight excluding hydrogens is 362 g/mol. The molecule has 2 fully saturated rings. The zero-order chi connectivity index (χ0) is 17.8. The maximum absolute atomic E-state index is 5.85. The largest absolute Gasteiger partial charge is 0.296 e. The second kappa shape index (κ2) is 8.69. The third kappa shape index (κ3) is 4.22. The van der Waals surface area contributed by atoms with Crippen molar-refractivity contribution < 1.29 is 0 Å². The average molecular weight is 390 g/mol. The highest BCUT2D eigenvalue weighted by Crippen LogP contribution is 2.18. The number of likely N-dealkylation sites (tertiary alicyclic amines) is 1. The summed E-state index contributed by atoms with van der Waals surface area (Å²) in [5.41, 5.74) is 1.12. The molecule has 4 rings (SSSR count). The first kappa shape index (κ1) is 18.2. The van der Waals surface area contributed by atoms with Crippen LogP contribution < -0.4 is 0 Å². The van der Waals surface area contributed by atoms with Crippen molar-refractivity contribution in [2.75, 3.05) is 37.7 Å². The van der Waals surface area contributed by atoms with E-state index in [9.17, 15) is 0 Å². The Morgan fingerprint density at radius 2 is 1.69 bits per heavy atom. The molecule has 0 bridgehead atoms. The Kier molecular flexibility index (Phi) is 6.09. The van der Waals surface area contributed by atoms with Gasteiger partial charge in [-0.15, -0.1) is 0 Å². The van der Waals surface area contributed by atoms with Crippen LogP contribution in [0.3, 0.4) is 0 Å². The molecule has 2 aliphatic rings. The molecule has 7 heteroatoms.